The fourth-order valence-corrected chi connectivity index (χ4v) is 2.72. The lowest BCUT2D eigenvalue weighted by Crippen LogP contribution is -2.18. The predicted octanol–water partition coefficient (Wildman–Crippen LogP) is 5.54. The Balaban J connectivity index is 1.69. The van der Waals surface area contributed by atoms with Gasteiger partial charge in [-0.25, -0.2) is 9.37 Å². The molecule has 0 radical (unpaired) electrons. The molecule has 3 aromatic rings. The average molecular weight is 415 g/mol. The summed E-state index contributed by atoms with van der Waals surface area (Å²) in [4.78, 5) is 16.5. The number of nitrogens with zero attached hydrogens (tertiary/aromatic N) is 1. The van der Waals surface area contributed by atoms with Gasteiger partial charge in [0.2, 0.25) is 5.88 Å². The zero-order valence-electron chi connectivity index (χ0n) is 16.4. The number of alkyl halides is 3. The summed E-state index contributed by atoms with van der Waals surface area (Å²) in [5.74, 6) is -3.28. The van der Waals surface area contributed by atoms with Crippen molar-refractivity contribution in [2.45, 2.75) is 12.8 Å². The molecule has 0 saturated heterocycles. The van der Waals surface area contributed by atoms with Crippen molar-refractivity contribution < 1.29 is 22.7 Å². The van der Waals surface area contributed by atoms with Crippen molar-refractivity contribution in [2.75, 3.05) is 24.4 Å². The fraction of sp³-hybridized carbons (Fsp3) is 0.182. The molecular formula is C22H20F3N3O2. The Morgan fingerprint density at radius 1 is 1.10 bits per heavy atom. The van der Waals surface area contributed by atoms with Gasteiger partial charge in [0.15, 0.2) is 6.67 Å². The topological polar surface area (TPSA) is 63.2 Å². The fourth-order valence-electron chi connectivity index (χ4n) is 2.72. The van der Waals surface area contributed by atoms with Gasteiger partial charge >= 0.3 is 5.92 Å². The SMILES string of the molecule is CNc1ccc(Oc2ccc(NC(=O)c3cccc(C(F)(F)CF)c3)cn2)c(C)c1. The highest BCUT2D eigenvalue weighted by atomic mass is 19.3. The van der Waals surface area contributed by atoms with Gasteiger partial charge in [-0.15, -0.1) is 0 Å². The second kappa shape index (κ2) is 8.86. The van der Waals surface area contributed by atoms with Crippen LogP contribution < -0.4 is 15.4 Å². The van der Waals surface area contributed by atoms with E-state index in [4.69, 9.17) is 4.74 Å². The average Bonchev–Trinajstić information content (AvgIpc) is 2.76. The predicted molar refractivity (Wildman–Crippen MR) is 109 cm³/mol. The molecule has 0 saturated carbocycles. The molecule has 0 aliphatic heterocycles. The first-order chi connectivity index (χ1) is 14.3. The maximum absolute atomic E-state index is 13.5. The van der Waals surface area contributed by atoms with Crippen molar-refractivity contribution in [3.8, 4) is 11.6 Å². The van der Waals surface area contributed by atoms with E-state index in [1.54, 1.807) is 12.1 Å². The highest BCUT2D eigenvalue weighted by Gasteiger charge is 2.32. The first-order valence-corrected chi connectivity index (χ1v) is 9.10. The van der Waals surface area contributed by atoms with E-state index in [-0.39, 0.29) is 5.56 Å². The van der Waals surface area contributed by atoms with Gasteiger partial charge in [-0.1, -0.05) is 12.1 Å². The Bertz CT molecular complexity index is 1040. The summed E-state index contributed by atoms with van der Waals surface area (Å²) in [6.45, 7) is 0.0753. The number of hydrogen-bond donors (Lipinski definition) is 2. The number of aryl methyl sites for hydroxylation is 1. The van der Waals surface area contributed by atoms with Crippen LogP contribution >= 0.6 is 0 Å². The molecule has 5 nitrogen and oxygen atoms in total. The van der Waals surface area contributed by atoms with E-state index in [0.29, 0.717) is 17.3 Å². The molecule has 0 aliphatic carbocycles. The van der Waals surface area contributed by atoms with Crippen LogP contribution in [0.5, 0.6) is 11.6 Å². The molecule has 0 atom stereocenters. The number of hydrogen-bond acceptors (Lipinski definition) is 4. The van der Waals surface area contributed by atoms with Gasteiger partial charge < -0.3 is 15.4 Å². The number of anilines is 2. The van der Waals surface area contributed by atoms with Crippen LogP contribution in [0, 0.1) is 6.92 Å². The summed E-state index contributed by atoms with van der Waals surface area (Å²) in [6.07, 6.45) is 1.39. The molecule has 0 aliphatic rings. The van der Waals surface area contributed by atoms with Gasteiger partial charge in [0.1, 0.15) is 5.75 Å². The Kier molecular flexibility index (Phi) is 6.25. The molecule has 0 bridgehead atoms. The third-order valence-electron chi connectivity index (χ3n) is 4.39. The number of benzene rings is 2. The largest absolute Gasteiger partial charge is 0.439 e. The van der Waals surface area contributed by atoms with Crippen LogP contribution in [0.1, 0.15) is 21.5 Å². The maximum atomic E-state index is 13.5. The van der Waals surface area contributed by atoms with Crippen LogP contribution in [0.4, 0.5) is 24.5 Å². The van der Waals surface area contributed by atoms with Gasteiger partial charge in [0.25, 0.3) is 5.91 Å². The molecule has 0 unspecified atom stereocenters. The van der Waals surface area contributed by atoms with Gasteiger partial charge in [0, 0.05) is 29.9 Å². The van der Waals surface area contributed by atoms with Crippen LogP contribution in [0.25, 0.3) is 0 Å². The van der Waals surface area contributed by atoms with Crippen molar-refractivity contribution in [1.29, 1.82) is 0 Å². The smallest absolute Gasteiger partial charge is 0.301 e. The molecule has 0 fully saturated rings. The maximum Gasteiger partial charge on any atom is 0.301 e. The molecular weight excluding hydrogens is 395 g/mol. The third kappa shape index (κ3) is 4.89. The van der Waals surface area contributed by atoms with Crippen LogP contribution in [0.2, 0.25) is 0 Å². The van der Waals surface area contributed by atoms with E-state index < -0.39 is 24.1 Å². The lowest BCUT2D eigenvalue weighted by molar-refractivity contribution is -0.0281. The summed E-state index contributed by atoms with van der Waals surface area (Å²) < 4.78 is 45.3. The minimum absolute atomic E-state index is 0.0128. The van der Waals surface area contributed by atoms with Crippen LogP contribution in [0.3, 0.4) is 0 Å². The second-order valence-corrected chi connectivity index (χ2v) is 6.59. The summed E-state index contributed by atoms with van der Waals surface area (Å²) in [5, 5.41) is 5.61. The highest BCUT2D eigenvalue weighted by molar-refractivity contribution is 6.04. The second-order valence-electron chi connectivity index (χ2n) is 6.59. The number of carbonyl (C=O) groups is 1. The van der Waals surface area contributed by atoms with E-state index in [9.17, 15) is 18.0 Å². The number of carbonyl (C=O) groups excluding carboxylic acids is 1. The summed E-state index contributed by atoms with van der Waals surface area (Å²) in [7, 11) is 1.83. The summed E-state index contributed by atoms with van der Waals surface area (Å²) in [5.41, 5.74) is 1.67. The minimum Gasteiger partial charge on any atom is -0.439 e. The molecule has 30 heavy (non-hydrogen) atoms. The van der Waals surface area contributed by atoms with Gasteiger partial charge in [0.05, 0.1) is 11.9 Å². The molecule has 1 aromatic heterocycles. The third-order valence-corrected chi connectivity index (χ3v) is 4.39. The van der Waals surface area contributed by atoms with Crippen molar-refractivity contribution in [3.63, 3.8) is 0 Å². The van der Waals surface area contributed by atoms with Crippen molar-refractivity contribution in [2.24, 2.45) is 0 Å². The lowest BCUT2D eigenvalue weighted by Gasteiger charge is -2.13. The molecule has 3 rings (SSSR count). The van der Waals surface area contributed by atoms with Crippen molar-refractivity contribution in [1.82, 2.24) is 4.98 Å². The van der Waals surface area contributed by atoms with Gasteiger partial charge in [-0.05, 0) is 48.9 Å². The standard InChI is InChI=1S/C22H20F3N3O2/c1-14-10-17(26-2)6-8-19(14)30-20-9-7-18(12-27-20)28-21(29)15-4-3-5-16(11-15)22(24,25)13-23/h3-12,26H,13H2,1-2H3,(H,28,29). The summed E-state index contributed by atoms with van der Waals surface area (Å²) >= 11 is 0. The number of pyridine rings is 1. The number of halogens is 3. The summed E-state index contributed by atoms with van der Waals surface area (Å²) in [6, 6.07) is 13.5. The van der Waals surface area contributed by atoms with E-state index in [1.165, 1.54) is 18.3 Å². The Hall–Kier alpha value is -3.55. The Labute approximate surface area is 171 Å². The molecule has 0 spiro atoms. The van der Waals surface area contributed by atoms with E-state index in [1.807, 2.05) is 32.2 Å². The first kappa shape index (κ1) is 21.2. The Morgan fingerprint density at radius 3 is 2.50 bits per heavy atom. The molecule has 8 heteroatoms. The molecule has 1 heterocycles. The molecule has 156 valence electrons. The van der Waals surface area contributed by atoms with Crippen molar-refractivity contribution >= 4 is 17.3 Å². The van der Waals surface area contributed by atoms with Gasteiger partial charge in [-0.2, -0.15) is 8.78 Å². The number of nitrogens with one attached hydrogen (secondary N) is 2. The number of aromatic nitrogens is 1. The zero-order valence-corrected chi connectivity index (χ0v) is 16.4. The molecule has 2 N–H and O–H groups in total. The van der Waals surface area contributed by atoms with E-state index >= 15 is 0 Å². The van der Waals surface area contributed by atoms with Crippen LogP contribution in [0.15, 0.2) is 60.8 Å². The van der Waals surface area contributed by atoms with E-state index in [2.05, 4.69) is 15.6 Å². The molecule has 2 aromatic carbocycles. The zero-order chi connectivity index (χ0) is 21.7. The Morgan fingerprint density at radius 2 is 1.87 bits per heavy atom. The number of ether oxygens (including phenoxy) is 1. The highest BCUT2D eigenvalue weighted by Crippen LogP contribution is 2.29. The normalized spacial score (nSPS) is 11.1. The van der Waals surface area contributed by atoms with Crippen LogP contribution in [-0.4, -0.2) is 24.6 Å². The van der Waals surface area contributed by atoms with Crippen molar-refractivity contribution in [3.05, 3.63) is 77.5 Å². The number of amides is 1. The minimum atomic E-state index is -3.64. The number of rotatable bonds is 7. The quantitative estimate of drug-likeness (QED) is 0.532. The van der Waals surface area contributed by atoms with Gasteiger partial charge in [-0.3, -0.25) is 4.79 Å². The van der Waals surface area contributed by atoms with Crippen LogP contribution in [-0.2, 0) is 5.92 Å². The monoisotopic (exact) mass is 415 g/mol. The van der Waals surface area contributed by atoms with E-state index in [0.717, 1.165) is 23.4 Å². The first-order valence-electron chi connectivity index (χ1n) is 9.10. The molecule has 1 amide bonds. The lowest BCUT2D eigenvalue weighted by atomic mass is 10.1.